The highest BCUT2D eigenvalue weighted by atomic mass is 16.7. The van der Waals surface area contributed by atoms with Crippen molar-refractivity contribution < 1.29 is 4.84 Å². The van der Waals surface area contributed by atoms with Crippen LogP contribution >= 0.6 is 0 Å². The van der Waals surface area contributed by atoms with Crippen LogP contribution in [0.25, 0.3) is 0 Å². The molecule has 0 aliphatic rings. The lowest BCUT2D eigenvalue weighted by molar-refractivity contribution is 0.178. The van der Waals surface area contributed by atoms with Gasteiger partial charge in [0.2, 0.25) is 0 Å². The fourth-order valence-corrected chi connectivity index (χ4v) is 1.37. The first-order valence-electron chi connectivity index (χ1n) is 4.42. The van der Waals surface area contributed by atoms with Gasteiger partial charge in [0.15, 0.2) is 5.75 Å². The summed E-state index contributed by atoms with van der Waals surface area (Å²) in [6.07, 6.45) is 4.37. The minimum Gasteiger partial charge on any atom is -0.358 e. The largest absolute Gasteiger partial charge is 0.358 e. The second-order valence-electron chi connectivity index (χ2n) is 3.26. The molecule has 3 heteroatoms. The van der Waals surface area contributed by atoms with Crippen molar-refractivity contribution in [3.05, 3.63) is 47.8 Å². The minimum atomic E-state index is 0.791. The van der Waals surface area contributed by atoms with Gasteiger partial charge in [-0.15, -0.1) is 5.10 Å². The van der Waals surface area contributed by atoms with Crippen molar-refractivity contribution in [2.24, 2.45) is 0 Å². The standard InChI is InChI=1S/C11H11N2O/c1-9-6-10(2)8-11(7-9)14-13-5-3-4-12-13/h3,5-8H,1-2H3. The molecule has 0 N–H and O–H groups in total. The van der Waals surface area contributed by atoms with Crippen LogP contribution in [-0.2, 0) is 0 Å². The fourth-order valence-electron chi connectivity index (χ4n) is 1.37. The molecular formula is C11H11N2O. The van der Waals surface area contributed by atoms with E-state index < -0.39 is 0 Å². The molecule has 0 aliphatic carbocycles. The first kappa shape index (κ1) is 8.81. The van der Waals surface area contributed by atoms with Crippen molar-refractivity contribution in [3.63, 3.8) is 0 Å². The summed E-state index contributed by atoms with van der Waals surface area (Å²) >= 11 is 0. The summed E-state index contributed by atoms with van der Waals surface area (Å²) in [5, 5.41) is 3.84. The van der Waals surface area contributed by atoms with E-state index in [2.05, 4.69) is 17.4 Å². The van der Waals surface area contributed by atoms with Crippen molar-refractivity contribution >= 4 is 0 Å². The summed E-state index contributed by atoms with van der Waals surface area (Å²) in [5.74, 6) is 0.791. The van der Waals surface area contributed by atoms with Gasteiger partial charge >= 0.3 is 0 Å². The molecule has 0 fully saturated rings. The lowest BCUT2D eigenvalue weighted by Crippen LogP contribution is -2.05. The third-order valence-corrected chi connectivity index (χ3v) is 1.83. The molecule has 0 spiro atoms. The van der Waals surface area contributed by atoms with Crippen molar-refractivity contribution in [2.75, 3.05) is 0 Å². The third-order valence-electron chi connectivity index (χ3n) is 1.83. The van der Waals surface area contributed by atoms with Crippen LogP contribution in [0.3, 0.4) is 0 Å². The van der Waals surface area contributed by atoms with Crippen LogP contribution in [0.5, 0.6) is 5.75 Å². The van der Waals surface area contributed by atoms with E-state index in [-0.39, 0.29) is 0 Å². The zero-order chi connectivity index (χ0) is 9.97. The lowest BCUT2D eigenvalue weighted by atomic mass is 10.1. The second kappa shape index (κ2) is 3.54. The highest BCUT2D eigenvalue weighted by molar-refractivity contribution is 5.32. The quantitative estimate of drug-likeness (QED) is 0.720. The van der Waals surface area contributed by atoms with Gasteiger partial charge < -0.3 is 4.84 Å². The molecule has 1 aromatic carbocycles. The predicted molar refractivity (Wildman–Crippen MR) is 53.0 cm³/mol. The Hall–Kier alpha value is -1.77. The van der Waals surface area contributed by atoms with Crippen LogP contribution in [-0.4, -0.2) is 9.94 Å². The Morgan fingerprint density at radius 2 is 1.93 bits per heavy atom. The first-order valence-corrected chi connectivity index (χ1v) is 4.42. The van der Waals surface area contributed by atoms with Crippen LogP contribution in [0.15, 0.2) is 30.5 Å². The van der Waals surface area contributed by atoms with Gasteiger partial charge in [0.25, 0.3) is 0 Å². The highest BCUT2D eigenvalue weighted by Gasteiger charge is 1.98. The Morgan fingerprint density at radius 1 is 1.21 bits per heavy atom. The van der Waals surface area contributed by atoms with E-state index in [1.165, 1.54) is 16.0 Å². The van der Waals surface area contributed by atoms with E-state index >= 15 is 0 Å². The molecule has 0 amide bonds. The number of hydrogen-bond acceptors (Lipinski definition) is 2. The molecule has 0 unspecified atom stereocenters. The van der Waals surface area contributed by atoms with E-state index in [1.54, 1.807) is 12.3 Å². The normalized spacial score (nSPS) is 10.1. The molecule has 1 heterocycles. The van der Waals surface area contributed by atoms with E-state index in [4.69, 9.17) is 4.84 Å². The summed E-state index contributed by atoms with van der Waals surface area (Å²) in [4.78, 5) is 6.84. The van der Waals surface area contributed by atoms with Gasteiger partial charge in [-0.25, -0.2) is 0 Å². The lowest BCUT2D eigenvalue weighted by Gasteiger charge is -2.05. The van der Waals surface area contributed by atoms with Crippen molar-refractivity contribution in [2.45, 2.75) is 13.8 Å². The molecule has 0 saturated carbocycles. The molecule has 14 heavy (non-hydrogen) atoms. The maximum Gasteiger partial charge on any atom is 0.158 e. The fraction of sp³-hybridized carbons (Fsp3) is 0.182. The summed E-state index contributed by atoms with van der Waals surface area (Å²) in [7, 11) is 0. The first-order chi connectivity index (χ1) is 6.74. The molecule has 0 saturated heterocycles. The van der Waals surface area contributed by atoms with Crippen molar-refractivity contribution in [1.29, 1.82) is 0 Å². The molecule has 0 atom stereocenters. The van der Waals surface area contributed by atoms with E-state index in [0.717, 1.165) is 5.75 Å². The van der Waals surface area contributed by atoms with Crippen LogP contribution in [0.1, 0.15) is 11.1 Å². The Morgan fingerprint density at radius 3 is 2.50 bits per heavy atom. The molecule has 0 bridgehead atoms. The van der Waals surface area contributed by atoms with Crippen LogP contribution in [0.4, 0.5) is 0 Å². The van der Waals surface area contributed by atoms with Gasteiger partial charge in [0, 0.05) is 0 Å². The number of benzene rings is 1. The molecule has 3 nitrogen and oxygen atoms in total. The van der Waals surface area contributed by atoms with Gasteiger partial charge in [0.1, 0.15) is 6.20 Å². The zero-order valence-electron chi connectivity index (χ0n) is 8.19. The maximum atomic E-state index is 5.45. The monoisotopic (exact) mass is 187 g/mol. The molecular weight excluding hydrogens is 176 g/mol. The van der Waals surface area contributed by atoms with Crippen LogP contribution in [0.2, 0.25) is 0 Å². The number of nitrogens with zero attached hydrogens (tertiary/aromatic N) is 2. The summed E-state index contributed by atoms with van der Waals surface area (Å²) < 4.78 is 0. The molecule has 2 rings (SSSR count). The highest BCUT2D eigenvalue weighted by Crippen LogP contribution is 2.16. The van der Waals surface area contributed by atoms with Gasteiger partial charge in [-0.2, -0.15) is 0 Å². The molecule has 1 radical (unpaired) electrons. The number of aromatic nitrogens is 2. The summed E-state index contributed by atoms with van der Waals surface area (Å²) in [5.41, 5.74) is 2.35. The smallest absolute Gasteiger partial charge is 0.158 e. The molecule has 1 aromatic heterocycles. The third kappa shape index (κ3) is 1.93. The minimum absolute atomic E-state index is 0.791. The maximum absolute atomic E-state index is 5.45. The Balaban J connectivity index is 2.25. The average molecular weight is 187 g/mol. The molecule has 71 valence electrons. The van der Waals surface area contributed by atoms with Crippen LogP contribution in [0, 0.1) is 20.0 Å². The Bertz CT molecular complexity index is 401. The predicted octanol–water partition coefficient (Wildman–Crippen LogP) is 2.14. The van der Waals surface area contributed by atoms with Crippen molar-refractivity contribution in [1.82, 2.24) is 9.94 Å². The second-order valence-corrected chi connectivity index (χ2v) is 3.26. The molecule has 2 aromatic rings. The van der Waals surface area contributed by atoms with Crippen molar-refractivity contribution in [3.8, 4) is 5.75 Å². The SMILES string of the molecule is Cc1cc(C)cc(On2cc[c]n2)c1. The zero-order valence-corrected chi connectivity index (χ0v) is 8.19. The Labute approximate surface area is 82.9 Å². The number of rotatable bonds is 2. The summed E-state index contributed by atoms with van der Waals surface area (Å²) in [6.45, 7) is 4.07. The number of aryl methyl sites for hydroxylation is 2. The van der Waals surface area contributed by atoms with E-state index in [1.807, 2.05) is 26.0 Å². The van der Waals surface area contributed by atoms with E-state index in [0.29, 0.717) is 0 Å². The topological polar surface area (TPSA) is 27.1 Å². The Kier molecular flexibility index (Phi) is 2.23. The number of hydrogen-bond donors (Lipinski definition) is 0. The average Bonchev–Trinajstić information content (AvgIpc) is 2.54. The van der Waals surface area contributed by atoms with Gasteiger partial charge in [-0.05, 0) is 43.2 Å². The van der Waals surface area contributed by atoms with Crippen LogP contribution < -0.4 is 4.84 Å². The van der Waals surface area contributed by atoms with E-state index in [9.17, 15) is 0 Å². The van der Waals surface area contributed by atoms with Gasteiger partial charge in [-0.3, -0.25) is 0 Å². The van der Waals surface area contributed by atoms with Gasteiger partial charge in [0.05, 0.1) is 6.20 Å². The summed E-state index contributed by atoms with van der Waals surface area (Å²) in [6, 6.07) is 7.73. The molecule has 0 aliphatic heterocycles. The van der Waals surface area contributed by atoms with Gasteiger partial charge in [-0.1, -0.05) is 10.9 Å².